The molecule has 0 aliphatic heterocycles. The molecule has 0 amide bonds. The first-order valence-corrected chi connectivity index (χ1v) is 13.8. The van der Waals surface area contributed by atoms with Gasteiger partial charge >= 0.3 is 20.2 Å². The average molecular weight is 615 g/mol. The molecule has 0 aliphatic rings. The molecule has 1 heterocycles. The van der Waals surface area contributed by atoms with Crippen molar-refractivity contribution >= 4 is 19.2 Å². The van der Waals surface area contributed by atoms with E-state index in [2.05, 4.69) is 14.7 Å². The summed E-state index contributed by atoms with van der Waals surface area (Å²) in [6.45, 7) is 0.812. The molecule has 0 unspecified atom stereocenters. The highest BCUT2D eigenvalue weighted by molar-refractivity contribution is 7.46. The third-order valence-corrected chi connectivity index (χ3v) is 6.94. The van der Waals surface area contributed by atoms with Crippen LogP contribution < -0.4 is 15.2 Å². The lowest BCUT2D eigenvalue weighted by molar-refractivity contribution is -0.139. The molecule has 1 aromatic heterocycles. The van der Waals surface area contributed by atoms with Crippen molar-refractivity contribution < 1.29 is 54.7 Å². The van der Waals surface area contributed by atoms with E-state index in [0.29, 0.717) is 12.8 Å². The van der Waals surface area contributed by atoms with Crippen LogP contribution in [0.25, 0.3) is 10.6 Å². The van der Waals surface area contributed by atoms with Crippen LogP contribution in [0.1, 0.15) is 35.9 Å². The Kier molecular flexibility index (Phi) is 9.86. The maximum absolute atomic E-state index is 13.8. The molecule has 220 valence electrons. The van der Waals surface area contributed by atoms with Crippen LogP contribution >= 0.6 is 19.2 Å². The zero-order valence-corrected chi connectivity index (χ0v) is 22.4. The van der Waals surface area contributed by atoms with Gasteiger partial charge in [-0.25, -0.2) is 4.57 Å². The highest BCUT2D eigenvalue weighted by Gasteiger charge is 2.36. The first kappa shape index (κ1) is 31.8. The predicted octanol–water partition coefficient (Wildman–Crippen LogP) is 5.76. The van der Waals surface area contributed by atoms with Gasteiger partial charge in [0, 0.05) is 5.56 Å². The Balaban J connectivity index is 1.59. The molecule has 0 aliphatic carbocycles. The largest absolute Gasteiger partial charge is 0.494 e. The Bertz CT molecular complexity index is 1330. The molecule has 0 fully saturated rings. The van der Waals surface area contributed by atoms with Crippen LogP contribution in [0.4, 0.5) is 26.3 Å². The molecule has 0 bridgehead atoms. The molecule has 40 heavy (non-hydrogen) atoms. The molecule has 2 aromatic carbocycles. The molecule has 0 spiro atoms. The van der Waals surface area contributed by atoms with E-state index in [0.717, 1.165) is 35.6 Å². The highest BCUT2D eigenvalue weighted by atomic mass is 32.1. The maximum atomic E-state index is 13.8. The van der Waals surface area contributed by atoms with E-state index in [1.165, 1.54) is 25.1 Å². The normalized spacial score (nSPS) is 14.2. The van der Waals surface area contributed by atoms with Crippen molar-refractivity contribution in [2.45, 2.75) is 37.7 Å². The number of alkyl halides is 6. The summed E-state index contributed by atoms with van der Waals surface area (Å²) >= 11 is 0.838. The summed E-state index contributed by atoms with van der Waals surface area (Å²) in [5.41, 5.74) is 2.73. The number of hydrogen-bond acceptors (Lipinski definition) is 8. The van der Waals surface area contributed by atoms with Crippen molar-refractivity contribution in [3.63, 3.8) is 0 Å². The second-order valence-electron chi connectivity index (χ2n) is 8.73. The first-order valence-electron chi connectivity index (χ1n) is 11.4. The third kappa shape index (κ3) is 9.14. The molecule has 0 saturated carbocycles. The van der Waals surface area contributed by atoms with Gasteiger partial charge in [0.15, 0.2) is 0 Å². The van der Waals surface area contributed by atoms with E-state index < -0.39 is 49.2 Å². The van der Waals surface area contributed by atoms with Gasteiger partial charge < -0.3 is 25.0 Å². The van der Waals surface area contributed by atoms with Gasteiger partial charge in [-0.2, -0.15) is 26.3 Å². The summed E-state index contributed by atoms with van der Waals surface area (Å²) in [5.74, 6) is -0.184. The number of phosphoric acid groups is 1. The summed E-state index contributed by atoms with van der Waals surface area (Å²) in [7, 11) is -4.81. The number of ether oxygens (including phenoxy) is 2. The lowest BCUT2D eigenvalue weighted by atomic mass is 10.1. The van der Waals surface area contributed by atoms with Gasteiger partial charge in [-0.1, -0.05) is 11.3 Å². The second kappa shape index (κ2) is 12.4. The molecule has 9 nitrogen and oxygen atoms in total. The molecule has 3 rings (SSSR count). The second-order valence-corrected chi connectivity index (χ2v) is 10.9. The van der Waals surface area contributed by atoms with Gasteiger partial charge in [0.2, 0.25) is 0 Å². The number of rotatable bonds is 12. The van der Waals surface area contributed by atoms with Crippen molar-refractivity contribution in [3.05, 3.63) is 58.6 Å². The Labute approximate surface area is 228 Å². The number of halogens is 6. The predicted molar refractivity (Wildman–Crippen MR) is 132 cm³/mol. The van der Waals surface area contributed by atoms with Gasteiger partial charge in [0.1, 0.15) is 21.5 Å². The van der Waals surface area contributed by atoms with Crippen LogP contribution in [0.2, 0.25) is 0 Å². The molecule has 17 heteroatoms. The standard InChI is InChI=1S/C23H24F6N3O6PS/c1-21(30,13-38-39(33,34)35)20-32-31-19(40-20)14-4-9-18(17(12-14)23(27,28)29)37-11-3-2-10-36-16-7-5-15(6-8-16)22(24,25)26/h4-9,12H,2-3,10-11,13,30H2,1H3,(H2,33,34,35)/t21-/m0/s1. The van der Waals surface area contributed by atoms with E-state index in [4.69, 9.17) is 25.0 Å². The maximum Gasteiger partial charge on any atom is 0.469 e. The molecule has 3 aromatic rings. The molecular weight excluding hydrogens is 591 g/mol. The van der Waals surface area contributed by atoms with E-state index in [9.17, 15) is 30.9 Å². The fourth-order valence-corrected chi connectivity index (χ4v) is 4.50. The molecule has 1 atom stereocenters. The Morgan fingerprint density at radius 2 is 1.55 bits per heavy atom. The van der Waals surface area contributed by atoms with Gasteiger partial charge in [-0.3, -0.25) is 4.52 Å². The van der Waals surface area contributed by atoms with Crippen molar-refractivity contribution in [3.8, 4) is 22.1 Å². The summed E-state index contributed by atoms with van der Waals surface area (Å²) in [5, 5.41) is 7.85. The number of phosphoric ester groups is 1. The smallest absolute Gasteiger partial charge is 0.469 e. The number of nitrogens with zero attached hydrogens (tertiary/aromatic N) is 2. The Morgan fingerprint density at radius 3 is 2.12 bits per heavy atom. The van der Waals surface area contributed by atoms with E-state index >= 15 is 0 Å². The Hall–Kier alpha value is -2.75. The quantitative estimate of drug-likeness (QED) is 0.132. The summed E-state index contributed by atoms with van der Waals surface area (Å²) in [6.07, 6.45) is -8.53. The van der Waals surface area contributed by atoms with Gasteiger partial charge in [0.25, 0.3) is 0 Å². The van der Waals surface area contributed by atoms with Crippen LogP contribution in [0.15, 0.2) is 42.5 Å². The van der Waals surface area contributed by atoms with Crippen molar-refractivity contribution in [1.29, 1.82) is 0 Å². The fraction of sp³-hybridized carbons (Fsp3) is 0.391. The third-order valence-electron chi connectivity index (χ3n) is 5.22. The lowest BCUT2D eigenvalue weighted by Gasteiger charge is -2.21. The number of aromatic nitrogens is 2. The molecular formula is C23H24F6N3O6PS. The SMILES string of the molecule is C[C@](N)(COP(=O)(O)O)c1nnc(-c2ccc(OCCCCOc3ccc(C(F)(F)F)cc3)c(C(F)(F)F)c2)s1. The minimum absolute atomic E-state index is 0.0695. The summed E-state index contributed by atoms with van der Waals surface area (Å²) in [6, 6.07) is 7.47. The zero-order valence-electron chi connectivity index (χ0n) is 20.7. The van der Waals surface area contributed by atoms with Crippen LogP contribution in [0, 0.1) is 0 Å². The number of hydrogen-bond donors (Lipinski definition) is 3. The summed E-state index contributed by atoms with van der Waals surface area (Å²) < 4.78 is 105. The van der Waals surface area contributed by atoms with Crippen molar-refractivity contribution in [1.82, 2.24) is 10.2 Å². The van der Waals surface area contributed by atoms with Crippen LogP contribution in [-0.2, 0) is 27.0 Å². The monoisotopic (exact) mass is 615 g/mol. The fourth-order valence-electron chi connectivity index (χ4n) is 3.18. The Morgan fingerprint density at radius 1 is 0.925 bits per heavy atom. The molecule has 0 saturated heterocycles. The minimum atomic E-state index is -4.81. The first-order chi connectivity index (χ1) is 18.5. The zero-order chi connectivity index (χ0) is 29.8. The van der Waals surface area contributed by atoms with E-state index in [1.54, 1.807) is 0 Å². The van der Waals surface area contributed by atoms with Gasteiger partial charge in [0.05, 0.1) is 36.5 Å². The number of nitrogens with two attached hydrogens (primary N) is 1. The van der Waals surface area contributed by atoms with Crippen LogP contribution in [-0.4, -0.2) is 39.8 Å². The van der Waals surface area contributed by atoms with Crippen molar-refractivity contribution in [2.75, 3.05) is 19.8 Å². The average Bonchev–Trinajstić information content (AvgIpc) is 3.35. The van der Waals surface area contributed by atoms with Crippen molar-refractivity contribution in [2.24, 2.45) is 5.73 Å². The molecule has 4 N–H and O–H groups in total. The lowest BCUT2D eigenvalue weighted by Crippen LogP contribution is -2.37. The van der Waals surface area contributed by atoms with Crippen LogP contribution in [0.3, 0.4) is 0 Å². The topological polar surface area (TPSA) is 137 Å². The van der Waals surface area contributed by atoms with E-state index in [1.807, 2.05) is 0 Å². The van der Waals surface area contributed by atoms with Crippen LogP contribution in [0.5, 0.6) is 11.5 Å². The molecule has 0 radical (unpaired) electrons. The number of unbranched alkanes of at least 4 members (excludes halogenated alkanes) is 1. The summed E-state index contributed by atoms with van der Waals surface area (Å²) in [4.78, 5) is 17.7. The van der Waals surface area contributed by atoms with E-state index in [-0.39, 0.29) is 34.5 Å². The van der Waals surface area contributed by atoms with Gasteiger partial charge in [-0.05, 0) is 62.2 Å². The minimum Gasteiger partial charge on any atom is -0.494 e. The number of benzene rings is 2. The highest BCUT2D eigenvalue weighted by Crippen LogP contribution is 2.41. The van der Waals surface area contributed by atoms with Gasteiger partial charge in [-0.15, -0.1) is 10.2 Å².